The van der Waals surface area contributed by atoms with Crippen molar-refractivity contribution in [2.24, 2.45) is 16.7 Å². The van der Waals surface area contributed by atoms with Crippen molar-refractivity contribution in [3.8, 4) is 0 Å². The Bertz CT molecular complexity index is 300. The molecule has 2 nitrogen and oxygen atoms in total. The van der Waals surface area contributed by atoms with E-state index in [9.17, 15) is 4.79 Å². The fourth-order valence-corrected chi connectivity index (χ4v) is 2.79. The van der Waals surface area contributed by atoms with Crippen molar-refractivity contribution < 1.29 is 9.53 Å². The van der Waals surface area contributed by atoms with Gasteiger partial charge in [-0.15, -0.1) is 0 Å². The van der Waals surface area contributed by atoms with Crippen LogP contribution in [0.4, 0.5) is 0 Å². The number of ether oxygens (including phenoxy) is 1. The van der Waals surface area contributed by atoms with Crippen LogP contribution in [-0.4, -0.2) is 11.6 Å². The second-order valence-corrected chi connectivity index (χ2v) is 7.81. The van der Waals surface area contributed by atoms with Crippen LogP contribution in [0, 0.1) is 16.7 Å². The van der Waals surface area contributed by atoms with Gasteiger partial charge in [0.05, 0.1) is 5.41 Å². The summed E-state index contributed by atoms with van der Waals surface area (Å²) in [5.41, 5.74) is -0.832. The van der Waals surface area contributed by atoms with E-state index in [0.29, 0.717) is 5.92 Å². The molecule has 120 valence electrons. The van der Waals surface area contributed by atoms with Crippen LogP contribution >= 0.6 is 0 Å². The van der Waals surface area contributed by atoms with Crippen LogP contribution in [0.2, 0.25) is 0 Å². The molecule has 0 aromatic rings. The van der Waals surface area contributed by atoms with Gasteiger partial charge in [0, 0.05) is 0 Å². The highest BCUT2D eigenvalue weighted by molar-refractivity contribution is 5.77. The van der Waals surface area contributed by atoms with E-state index in [2.05, 4.69) is 62.3 Å². The van der Waals surface area contributed by atoms with Crippen molar-refractivity contribution in [3.63, 3.8) is 0 Å². The Hall–Kier alpha value is -0.530. The number of hydrogen-bond donors (Lipinski definition) is 0. The van der Waals surface area contributed by atoms with Gasteiger partial charge in [0.2, 0.25) is 0 Å². The maximum atomic E-state index is 12.9. The largest absolute Gasteiger partial charge is 0.459 e. The maximum absolute atomic E-state index is 12.9. The summed E-state index contributed by atoms with van der Waals surface area (Å²) in [5.74, 6) is 0.454. The highest BCUT2D eigenvalue weighted by atomic mass is 16.6. The number of rotatable bonds is 7. The zero-order valence-corrected chi connectivity index (χ0v) is 15.2. The van der Waals surface area contributed by atoms with Crippen LogP contribution in [0.3, 0.4) is 0 Å². The molecular weight excluding hydrogens is 248 g/mol. The van der Waals surface area contributed by atoms with Crippen LogP contribution in [0.15, 0.2) is 0 Å². The van der Waals surface area contributed by atoms with E-state index < -0.39 is 5.41 Å². The van der Waals surface area contributed by atoms with Gasteiger partial charge in [-0.05, 0) is 43.9 Å². The molecule has 0 radical (unpaired) electrons. The maximum Gasteiger partial charge on any atom is 0.312 e. The monoisotopic (exact) mass is 284 g/mol. The molecule has 0 N–H and O–H groups in total. The van der Waals surface area contributed by atoms with Gasteiger partial charge in [-0.1, -0.05) is 55.4 Å². The Kier molecular flexibility index (Phi) is 6.77. The number of carbonyl (C=O) groups excluding carboxylic acids is 1. The quantitative estimate of drug-likeness (QED) is 0.569. The molecule has 1 unspecified atom stereocenters. The molecule has 0 saturated carbocycles. The van der Waals surface area contributed by atoms with Crippen LogP contribution in [-0.2, 0) is 9.53 Å². The molecule has 0 aliphatic heterocycles. The first-order chi connectivity index (χ1) is 8.98. The summed E-state index contributed by atoms with van der Waals surface area (Å²) >= 11 is 0. The molecule has 0 aromatic heterocycles. The van der Waals surface area contributed by atoms with E-state index >= 15 is 0 Å². The summed E-state index contributed by atoms with van der Waals surface area (Å²) in [7, 11) is 0. The fourth-order valence-electron chi connectivity index (χ4n) is 2.79. The van der Waals surface area contributed by atoms with Gasteiger partial charge in [0.1, 0.15) is 5.60 Å². The predicted molar refractivity (Wildman–Crippen MR) is 86.7 cm³/mol. The third-order valence-electron chi connectivity index (χ3n) is 5.16. The highest BCUT2D eigenvalue weighted by Crippen LogP contribution is 2.45. The van der Waals surface area contributed by atoms with Crippen LogP contribution in [0.1, 0.15) is 88.0 Å². The van der Waals surface area contributed by atoms with Crippen molar-refractivity contribution in [3.05, 3.63) is 0 Å². The lowest BCUT2D eigenvalue weighted by Gasteiger charge is -2.43. The van der Waals surface area contributed by atoms with Gasteiger partial charge in [-0.3, -0.25) is 4.79 Å². The van der Waals surface area contributed by atoms with E-state index in [1.54, 1.807) is 0 Å². The SMILES string of the molecule is CCC(CC)(CC)OC(=O)C(C)(CC(C)C)C(C)(C)C. The lowest BCUT2D eigenvalue weighted by Crippen LogP contribution is -2.46. The molecule has 2 heteroatoms. The molecule has 0 aliphatic carbocycles. The first-order valence-corrected chi connectivity index (χ1v) is 8.21. The molecule has 0 saturated heterocycles. The first kappa shape index (κ1) is 19.5. The van der Waals surface area contributed by atoms with E-state index in [-0.39, 0.29) is 17.0 Å². The average molecular weight is 284 g/mol. The number of esters is 1. The Morgan fingerprint density at radius 2 is 1.35 bits per heavy atom. The molecule has 1 atom stereocenters. The number of carbonyl (C=O) groups is 1. The van der Waals surface area contributed by atoms with Gasteiger partial charge in [0.15, 0.2) is 0 Å². The predicted octanol–water partition coefficient (Wildman–Crippen LogP) is 5.60. The second kappa shape index (κ2) is 6.95. The topological polar surface area (TPSA) is 26.3 Å². The standard InChI is InChI=1S/C18H36O2/c1-10-18(11-2,12-3)20-15(19)17(9,13-14(4)5)16(6,7)8/h14H,10-13H2,1-9H3. The molecule has 0 rings (SSSR count). The molecule has 0 fully saturated rings. The normalized spacial score (nSPS) is 16.1. The molecule has 0 amide bonds. The highest BCUT2D eigenvalue weighted by Gasteiger charge is 2.47. The zero-order chi connectivity index (χ0) is 16.2. The lowest BCUT2D eigenvalue weighted by atomic mass is 9.64. The van der Waals surface area contributed by atoms with Gasteiger partial charge in [-0.2, -0.15) is 0 Å². The number of hydrogen-bond acceptors (Lipinski definition) is 2. The summed E-state index contributed by atoms with van der Waals surface area (Å²) in [5, 5.41) is 0. The Labute approximate surface area is 126 Å². The Morgan fingerprint density at radius 3 is 1.60 bits per heavy atom. The van der Waals surface area contributed by atoms with Crippen molar-refractivity contribution >= 4 is 5.97 Å². The molecular formula is C18H36O2. The van der Waals surface area contributed by atoms with E-state index in [1.165, 1.54) is 0 Å². The van der Waals surface area contributed by atoms with Gasteiger partial charge in [-0.25, -0.2) is 0 Å². The van der Waals surface area contributed by atoms with E-state index in [1.807, 2.05) is 0 Å². The van der Waals surface area contributed by atoms with Crippen LogP contribution in [0.25, 0.3) is 0 Å². The summed E-state index contributed by atoms with van der Waals surface area (Å²) in [6, 6.07) is 0. The minimum Gasteiger partial charge on any atom is -0.459 e. The van der Waals surface area contributed by atoms with E-state index in [4.69, 9.17) is 4.74 Å². The molecule has 0 aliphatic rings. The zero-order valence-electron chi connectivity index (χ0n) is 15.2. The molecule has 20 heavy (non-hydrogen) atoms. The minimum atomic E-state index is -0.439. The second-order valence-electron chi connectivity index (χ2n) is 7.81. The smallest absolute Gasteiger partial charge is 0.312 e. The first-order valence-electron chi connectivity index (χ1n) is 8.21. The van der Waals surface area contributed by atoms with Crippen LogP contribution in [0.5, 0.6) is 0 Å². The Morgan fingerprint density at radius 1 is 0.950 bits per heavy atom. The third kappa shape index (κ3) is 4.23. The summed E-state index contributed by atoms with van der Waals surface area (Å²) < 4.78 is 6.04. The molecule has 0 spiro atoms. The summed E-state index contributed by atoms with van der Waals surface area (Å²) in [6.45, 7) is 19.2. The van der Waals surface area contributed by atoms with Crippen molar-refractivity contribution in [1.82, 2.24) is 0 Å². The van der Waals surface area contributed by atoms with Crippen molar-refractivity contribution in [1.29, 1.82) is 0 Å². The van der Waals surface area contributed by atoms with E-state index in [0.717, 1.165) is 25.7 Å². The van der Waals surface area contributed by atoms with Gasteiger partial charge < -0.3 is 4.74 Å². The average Bonchev–Trinajstić information content (AvgIpc) is 2.33. The molecule has 0 aromatic carbocycles. The van der Waals surface area contributed by atoms with Crippen LogP contribution < -0.4 is 0 Å². The van der Waals surface area contributed by atoms with Gasteiger partial charge >= 0.3 is 5.97 Å². The third-order valence-corrected chi connectivity index (χ3v) is 5.16. The van der Waals surface area contributed by atoms with Gasteiger partial charge in [0.25, 0.3) is 0 Å². The van der Waals surface area contributed by atoms with Crippen molar-refractivity contribution in [2.45, 2.75) is 93.6 Å². The fraction of sp³-hybridized carbons (Fsp3) is 0.944. The lowest BCUT2D eigenvalue weighted by molar-refractivity contribution is -0.181. The molecule has 0 heterocycles. The minimum absolute atomic E-state index is 0.0238. The Balaban J connectivity index is 5.37. The molecule has 0 bridgehead atoms. The van der Waals surface area contributed by atoms with Crippen molar-refractivity contribution in [2.75, 3.05) is 0 Å². The summed E-state index contributed by atoms with van der Waals surface area (Å²) in [4.78, 5) is 12.9. The summed E-state index contributed by atoms with van der Waals surface area (Å²) in [6.07, 6.45) is 3.51.